The minimum atomic E-state index is -0.171. The lowest BCUT2D eigenvalue weighted by atomic mass is 9.66. The average Bonchev–Trinajstić information content (AvgIpc) is 2.20. The van der Waals surface area contributed by atoms with Gasteiger partial charge in [0.2, 0.25) is 0 Å². The molecule has 0 radical (unpaired) electrons. The molecule has 15 heavy (non-hydrogen) atoms. The van der Waals surface area contributed by atoms with E-state index in [4.69, 9.17) is 23.2 Å². The summed E-state index contributed by atoms with van der Waals surface area (Å²) in [5, 5.41) is 10.9. The first-order valence-electron chi connectivity index (χ1n) is 5.27. The van der Waals surface area contributed by atoms with E-state index >= 15 is 0 Å². The standard InChI is InChI=1S/C12H14Cl2O/c1-2-7-9(6-11(7)15)8-4-3-5-10(13)12(8)14/h3-5,7,9,11,15H,2,6H2,1H3. The first kappa shape index (κ1) is 11.3. The van der Waals surface area contributed by atoms with Gasteiger partial charge in [-0.1, -0.05) is 48.7 Å². The maximum Gasteiger partial charge on any atom is 0.0627 e. The Morgan fingerprint density at radius 3 is 2.73 bits per heavy atom. The van der Waals surface area contributed by atoms with Gasteiger partial charge in [-0.05, 0) is 29.9 Å². The van der Waals surface area contributed by atoms with Gasteiger partial charge in [-0.15, -0.1) is 0 Å². The molecule has 1 fully saturated rings. The zero-order valence-electron chi connectivity index (χ0n) is 8.58. The third-order valence-electron chi connectivity index (χ3n) is 3.36. The second-order valence-corrected chi connectivity index (χ2v) is 4.91. The maximum atomic E-state index is 9.62. The molecule has 0 aromatic heterocycles. The van der Waals surface area contributed by atoms with Crippen molar-refractivity contribution in [3.8, 4) is 0 Å². The Balaban J connectivity index is 2.27. The number of halogens is 2. The molecule has 3 unspecified atom stereocenters. The molecule has 1 aromatic rings. The molecular weight excluding hydrogens is 231 g/mol. The van der Waals surface area contributed by atoms with E-state index in [1.165, 1.54) is 0 Å². The summed E-state index contributed by atoms with van der Waals surface area (Å²) in [6.45, 7) is 2.10. The van der Waals surface area contributed by atoms with Crippen molar-refractivity contribution in [2.75, 3.05) is 0 Å². The number of aliphatic hydroxyl groups excluding tert-OH is 1. The van der Waals surface area contributed by atoms with E-state index < -0.39 is 0 Å². The molecule has 1 N–H and O–H groups in total. The molecule has 0 saturated heterocycles. The highest BCUT2D eigenvalue weighted by Crippen LogP contribution is 2.47. The fourth-order valence-corrected chi connectivity index (χ4v) is 2.85. The number of aliphatic hydroxyl groups is 1. The van der Waals surface area contributed by atoms with Gasteiger partial charge in [-0.2, -0.15) is 0 Å². The summed E-state index contributed by atoms with van der Waals surface area (Å²) in [6, 6.07) is 5.72. The van der Waals surface area contributed by atoms with Crippen LogP contribution >= 0.6 is 23.2 Å². The van der Waals surface area contributed by atoms with E-state index in [1.54, 1.807) is 6.07 Å². The van der Waals surface area contributed by atoms with Gasteiger partial charge >= 0.3 is 0 Å². The monoisotopic (exact) mass is 244 g/mol. The van der Waals surface area contributed by atoms with Gasteiger partial charge in [-0.3, -0.25) is 0 Å². The molecule has 3 heteroatoms. The normalized spacial score (nSPS) is 30.0. The minimum Gasteiger partial charge on any atom is -0.393 e. The molecule has 2 rings (SSSR count). The van der Waals surface area contributed by atoms with Crippen molar-refractivity contribution in [3.63, 3.8) is 0 Å². The van der Waals surface area contributed by atoms with E-state index in [-0.39, 0.29) is 6.10 Å². The molecule has 0 spiro atoms. The first-order chi connectivity index (χ1) is 7.15. The molecule has 1 aliphatic rings. The topological polar surface area (TPSA) is 20.2 Å². The summed E-state index contributed by atoms with van der Waals surface area (Å²) >= 11 is 12.1. The van der Waals surface area contributed by atoms with Crippen LogP contribution in [0.5, 0.6) is 0 Å². The summed E-state index contributed by atoms with van der Waals surface area (Å²) < 4.78 is 0. The quantitative estimate of drug-likeness (QED) is 0.838. The van der Waals surface area contributed by atoms with E-state index in [0.29, 0.717) is 21.9 Å². The van der Waals surface area contributed by atoms with Crippen LogP contribution in [0, 0.1) is 5.92 Å². The van der Waals surface area contributed by atoms with Crippen LogP contribution in [0.2, 0.25) is 10.0 Å². The second kappa shape index (κ2) is 4.32. The van der Waals surface area contributed by atoms with Crippen molar-refractivity contribution < 1.29 is 5.11 Å². The molecule has 82 valence electrons. The van der Waals surface area contributed by atoms with Gasteiger partial charge in [0.15, 0.2) is 0 Å². The van der Waals surface area contributed by atoms with Crippen molar-refractivity contribution in [1.82, 2.24) is 0 Å². The molecule has 0 heterocycles. The number of rotatable bonds is 2. The van der Waals surface area contributed by atoms with Crippen molar-refractivity contribution >= 4 is 23.2 Å². The van der Waals surface area contributed by atoms with Crippen molar-refractivity contribution in [2.24, 2.45) is 5.92 Å². The van der Waals surface area contributed by atoms with Crippen LogP contribution in [0.25, 0.3) is 0 Å². The predicted molar refractivity (Wildman–Crippen MR) is 63.6 cm³/mol. The Hall–Kier alpha value is -0.240. The third-order valence-corrected chi connectivity index (χ3v) is 4.19. The first-order valence-corrected chi connectivity index (χ1v) is 6.02. The molecule has 1 aliphatic carbocycles. The summed E-state index contributed by atoms with van der Waals surface area (Å²) in [5.41, 5.74) is 1.08. The maximum absolute atomic E-state index is 9.62. The van der Waals surface area contributed by atoms with E-state index in [9.17, 15) is 5.11 Å². The van der Waals surface area contributed by atoms with Crippen molar-refractivity contribution in [1.29, 1.82) is 0 Å². The lowest BCUT2D eigenvalue weighted by molar-refractivity contribution is -0.000686. The minimum absolute atomic E-state index is 0.171. The predicted octanol–water partition coefficient (Wildman–Crippen LogP) is 3.87. The zero-order valence-corrected chi connectivity index (χ0v) is 10.1. The van der Waals surface area contributed by atoms with Crippen LogP contribution in [0.3, 0.4) is 0 Å². The molecular formula is C12H14Cl2O. The van der Waals surface area contributed by atoms with Crippen LogP contribution in [0.15, 0.2) is 18.2 Å². The van der Waals surface area contributed by atoms with Crippen LogP contribution < -0.4 is 0 Å². The Morgan fingerprint density at radius 2 is 2.13 bits per heavy atom. The lowest BCUT2D eigenvalue weighted by Gasteiger charge is -2.42. The molecule has 0 amide bonds. The van der Waals surface area contributed by atoms with Crippen LogP contribution in [-0.4, -0.2) is 11.2 Å². The number of hydrogen-bond donors (Lipinski definition) is 1. The van der Waals surface area contributed by atoms with E-state index in [0.717, 1.165) is 18.4 Å². The number of benzene rings is 1. The molecule has 0 bridgehead atoms. The van der Waals surface area contributed by atoms with Crippen molar-refractivity contribution in [2.45, 2.75) is 31.8 Å². The highest BCUT2D eigenvalue weighted by molar-refractivity contribution is 6.42. The summed E-state index contributed by atoms with van der Waals surface area (Å²) in [7, 11) is 0. The fourth-order valence-electron chi connectivity index (χ4n) is 2.40. The van der Waals surface area contributed by atoms with Crippen LogP contribution in [-0.2, 0) is 0 Å². The Morgan fingerprint density at radius 1 is 1.40 bits per heavy atom. The van der Waals surface area contributed by atoms with Gasteiger partial charge in [0.1, 0.15) is 0 Å². The molecule has 3 atom stereocenters. The van der Waals surface area contributed by atoms with E-state index in [1.807, 2.05) is 12.1 Å². The van der Waals surface area contributed by atoms with Gasteiger partial charge in [0, 0.05) is 0 Å². The van der Waals surface area contributed by atoms with Gasteiger partial charge in [0.25, 0.3) is 0 Å². The Labute approximate surface area is 100 Å². The second-order valence-electron chi connectivity index (χ2n) is 4.12. The summed E-state index contributed by atoms with van der Waals surface area (Å²) in [4.78, 5) is 0. The molecule has 1 nitrogen and oxygen atoms in total. The highest BCUT2D eigenvalue weighted by Gasteiger charge is 2.40. The van der Waals surface area contributed by atoms with Crippen LogP contribution in [0.4, 0.5) is 0 Å². The van der Waals surface area contributed by atoms with E-state index in [2.05, 4.69) is 6.92 Å². The smallest absolute Gasteiger partial charge is 0.0627 e. The molecule has 0 aliphatic heterocycles. The largest absolute Gasteiger partial charge is 0.393 e. The molecule has 1 aromatic carbocycles. The fraction of sp³-hybridized carbons (Fsp3) is 0.500. The zero-order chi connectivity index (χ0) is 11.0. The Bertz CT molecular complexity index is 365. The average molecular weight is 245 g/mol. The third kappa shape index (κ3) is 1.89. The highest BCUT2D eigenvalue weighted by atomic mass is 35.5. The lowest BCUT2D eigenvalue weighted by Crippen LogP contribution is -2.39. The number of hydrogen-bond acceptors (Lipinski definition) is 1. The van der Waals surface area contributed by atoms with Crippen LogP contribution in [0.1, 0.15) is 31.2 Å². The summed E-state index contributed by atoms with van der Waals surface area (Å²) in [5.74, 6) is 0.706. The van der Waals surface area contributed by atoms with Gasteiger partial charge < -0.3 is 5.11 Å². The SMILES string of the molecule is CCC1C(O)CC1c1cccc(Cl)c1Cl. The Kier molecular flexibility index (Phi) is 3.24. The van der Waals surface area contributed by atoms with Gasteiger partial charge in [0.05, 0.1) is 16.1 Å². The van der Waals surface area contributed by atoms with Crippen molar-refractivity contribution in [3.05, 3.63) is 33.8 Å². The molecule has 1 saturated carbocycles. The van der Waals surface area contributed by atoms with Gasteiger partial charge in [-0.25, -0.2) is 0 Å². The summed E-state index contributed by atoms with van der Waals surface area (Å²) in [6.07, 6.45) is 1.61.